The lowest BCUT2D eigenvalue weighted by atomic mass is 9.99. The Balaban J connectivity index is 2.30. The number of pyridine rings is 1. The molecule has 1 amide bonds. The summed E-state index contributed by atoms with van der Waals surface area (Å²) in [6.07, 6.45) is 4.02. The number of hydrogen-bond acceptors (Lipinski definition) is 4. The van der Waals surface area contributed by atoms with Crippen molar-refractivity contribution in [3.63, 3.8) is 0 Å². The molecule has 1 N–H and O–H groups in total. The van der Waals surface area contributed by atoms with Gasteiger partial charge >= 0.3 is 6.09 Å². The van der Waals surface area contributed by atoms with Gasteiger partial charge in [-0.1, -0.05) is 6.92 Å². The smallest absolute Gasteiger partial charge is 0.412 e. The summed E-state index contributed by atoms with van der Waals surface area (Å²) in [6.45, 7) is 7.56. The number of rotatable bonds is 4. The van der Waals surface area contributed by atoms with E-state index in [1.165, 1.54) is 0 Å². The van der Waals surface area contributed by atoms with Gasteiger partial charge in [-0.25, -0.2) is 4.79 Å². The Labute approximate surface area is 143 Å². The number of carbonyl (C=O) groups excluding carboxylic acids is 1. The Bertz CT molecular complexity index is 721. The van der Waals surface area contributed by atoms with E-state index < -0.39 is 11.7 Å². The summed E-state index contributed by atoms with van der Waals surface area (Å²) in [5.41, 5.74) is 3.27. The maximum atomic E-state index is 11.9. The quantitative estimate of drug-likeness (QED) is 0.886. The number of hydrogen-bond donors (Lipinski definition) is 1. The lowest BCUT2D eigenvalue weighted by molar-refractivity contribution is 0.0636. The molecule has 2 rings (SSSR count). The van der Waals surface area contributed by atoms with E-state index in [-0.39, 0.29) is 0 Å². The molecule has 0 atom stereocenters. The summed E-state index contributed by atoms with van der Waals surface area (Å²) in [6, 6.07) is 7.53. The molecule has 0 aliphatic carbocycles. The number of amides is 1. The van der Waals surface area contributed by atoms with Gasteiger partial charge in [-0.3, -0.25) is 10.3 Å². The average molecular weight is 328 g/mol. The van der Waals surface area contributed by atoms with Crippen LogP contribution in [-0.2, 0) is 11.2 Å². The summed E-state index contributed by atoms with van der Waals surface area (Å²) in [5.74, 6) is 0.685. The van der Waals surface area contributed by atoms with Gasteiger partial charge in [-0.2, -0.15) is 0 Å². The van der Waals surface area contributed by atoms with Crippen LogP contribution in [0.3, 0.4) is 0 Å². The van der Waals surface area contributed by atoms with Gasteiger partial charge in [0.25, 0.3) is 0 Å². The number of aromatic nitrogens is 1. The van der Waals surface area contributed by atoms with Crippen LogP contribution in [0.5, 0.6) is 5.75 Å². The molecule has 128 valence electrons. The fourth-order valence-corrected chi connectivity index (χ4v) is 2.38. The van der Waals surface area contributed by atoms with Crippen LogP contribution in [0.1, 0.15) is 33.3 Å². The highest BCUT2D eigenvalue weighted by molar-refractivity contribution is 5.86. The van der Waals surface area contributed by atoms with Crippen molar-refractivity contribution in [3.8, 4) is 16.9 Å². The van der Waals surface area contributed by atoms with Crippen molar-refractivity contribution in [2.24, 2.45) is 0 Å². The van der Waals surface area contributed by atoms with E-state index in [1.54, 1.807) is 19.4 Å². The summed E-state index contributed by atoms with van der Waals surface area (Å²) >= 11 is 0. The molecular weight excluding hydrogens is 304 g/mol. The zero-order valence-electron chi connectivity index (χ0n) is 14.8. The lowest BCUT2D eigenvalue weighted by Crippen LogP contribution is -2.27. The van der Waals surface area contributed by atoms with Crippen molar-refractivity contribution < 1.29 is 14.3 Å². The van der Waals surface area contributed by atoms with Crippen molar-refractivity contribution in [2.45, 2.75) is 39.7 Å². The number of benzene rings is 1. The standard InChI is InChI=1S/C19H24N2O3/c1-6-13-12-20-10-9-15(13)16-8-7-14(11-17(16)23-5)21-18(22)24-19(2,3)4/h7-12H,6H2,1-5H3,(H,21,22). The van der Waals surface area contributed by atoms with Crippen LogP contribution in [0.4, 0.5) is 10.5 Å². The average Bonchev–Trinajstić information content (AvgIpc) is 2.52. The highest BCUT2D eigenvalue weighted by Crippen LogP contribution is 2.34. The Kier molecular flexibility index (Phi) is 5.44. The van der Waals surface area contributed by atoms with Gasteiger partial charge < -0.3 is 9.47 Å². The molecule has 0 saturated heterocycles. The number of methoxy groups -OCH3 is 1. The molecule has 1 aromatic carbocycles. The Hall–Kier alpha value is -2.56. The molecule has 0 saturated carbocycles. The first-order valence-corrected chi connectivity index (χ1v) is 7.95. The summed E-state index contributed by atoms with van der Waals surface area (Å²) in [4.78, 5) is 16.1. The highest BCUT2D eigenvalue weighted by Gasteiger charge is 2.17. The fourth-order valence-electron chi connectivity index (χ4n) is 2.38. The first-order chi connectivity index (χ1) is 11.3. The molecule has 1 aromatic heterocycles. The molecule has 0 fully saturated rings. The summed E-state index contributed by atoms with van der Waals surface area (Å²) in [7, 11) is 1.61. The molecule has 2 aromatic rings. The van der Waals surface area contributed by atoms with Crippen molar-refractivity contribution in [1.82, 2.24) is 4.98 Å². The topological polar surface area (TPSA) is 60.5 Å². The first-order valence-electron chi connectivity index (χ1n) is 7.95. The second-order valence-corrected chi connectivity index (χ2v) is 6.43. The zero-order valence-corrected chi connectivity index (χ0v) is 14.8. The highest BCUT2D eigenvalue weighted by atomic mass is 16.6. The van der Waals surface area contributed by atoms with Gasteiger partial charge in [0.1, 0.15) is 11.4 Å². The zero-order chi connectivity index (χ0) is 17.7. The van der Waals surface area contributed by atoms with Crippen LogP contribution >= 0.6 is 0 Å². The summed E-state index contributed by atoms with van der Waals surface area (Å²) < 4.78 is 10.8. The second-order valence-electron chi connectivity index (χ2n) is 6.43. The summed E-state index contributed by atoms with van der Waals surface area (Å²) in [5, 5.41) is 2.73. The second kappa shape index (κ2) is 7.34. The van der Waals surface area contributed by atoms with Crippen LogP contribution < -0.4 is 10.1 Å². The van der Waals surface area contributed by atoms with E-state index in [2.05, 4.69) is 17.2 Å². The number of anilines is 1. The largest absolute Gasteiger partial charge is 0.496 e. The maximum Gasteiger partial charge on any atom is 0.412 e. The predicted octanol–water partition coefficient (Wildman–Crippen LogP) is 4.67. The van der Waals surface area contributed by atoms with E-state index >= 15 is 0 Å². The molecule has 0 aliphatic rings. The third-order valence-corrected chi connectivity index (χ3v) is 3.42. The molecule has 0 spiro atoms. The van der Waals surface area contributed by atoms with Crippen LogP contribution in [-0.4, -0.2) is 23.8 Å². The van der Waals surface area contributed by atoms with E-state index in [4.69, 9.17) is 9.47 Å². The van der Waals surface area contributed by atoms with Crippen molar-refractivity contribution in [3.05, 3.63) is 42.2 Å². The lowest BCUT2D eigenvalue weighted by Gasteiger charge is -2.20. The molecule has 24 heavy (non-hydrogen) atoms. The number of nitrogens with one attached hydrogen (secondary N) is 1. The van der Waals surface area contributed by atoms with Crippen molar-refractivity contribution >= 4 is 11.8 Å². The predicted molar refractivity (Wildman–Crippen MR) is 95.5 cm³/mol. The molecule has 0 aliphatic heterocycles. The van der Waals surface area contributed by atoms with Crippen molar-refractivity contribution in [1.29, 1.82) is 0 Å². The van der Waals surface area contributed by atoms with Crippen LogP contribution in [0.2, 0.25) is 0 Å². The molecule has 0 radical (unpaired) electrons. The number of aryl methyl sites for hydroxylation is 1. The van der Waals surface area contributed by atoms with E-state index in [1.807, 2.05) is 45.2 Å². The minimum atomic E-state index is -0.540. The third kappa shape index (κ3) is 4.47. The molecule has 5 heteroatoms. The fraction of sp³-hybridized carbons (Fsp3) is 0.368. The molecule has 0 bridgehead atoms. The van der Waals surface area contributed by atoms with Gasteiger partial charge in [-0.05, 0) is 56.5 Å². The van der Waals surface area contributed by atoms with Gasteiger partial charge in [-0.15, -0.1) is 0 Å². The molecule has 0 unspecified atom stereocenters. The molecule has 1 heterocycles. The van der Waals surface area contributed by atoms with Crippen LogP contribution in [0.25, 0.3) is 11.1 Å². The van der Waals surface area contributed by atoms with E-state index in [0.29, 0.717) is 11.4 Å². The minimum absolute atomic E-state index is 0.490. The Morgan fingerprint density at radius 2 is 1.96 bits per heavy atom. The Morgan fingerprint density at radius 1 is 1.21 bits per heavy atom. The third-order valence-electron chi connectivity index (χ3n) is 3.42. The maximum absolute atomic E-state index is 11.9. The first kappa shape index (κ1) is 17.8. The Morgan fingerprint density at radius 3 is 2.58 bits per heavy atom. The van der Waals surface area contributed by atoms with Crippen LogP contribution in [0, 0.1) is 0 Å². The van der Waals surface area contributed by atoms with Gasteiger partial charge in [0.15, 0.2) is 0 Å². The minimum Gasteiger partial charge on any atom is -0.496 e. The number of carbonyl (C=O) groups is 1. The normalized spacial score (nSPS) is 11.0. The SMILES string of the molecule is CCc1cnccc1-c1ccc(NC(=O)OC(C)(C)C)cc1OC. The van der Waals surface area contributed by atoms with Crippen LogP contribution in [0.15, 0.2) is 36.7 Å². The van der Waals surface area contributed by atoms with Crippen molar-refractivity contribution in [2.75, 3.05) is 12.4 Å². The van der Waals surface area contributed by atoms with Gasteiger partial charge in [0.05, 0.1) is 7.11 Å². The van der Waals surface area contributed by atoms with Gasteiger partial charge in [0.2, 0.25) is 0 Å². The molecular formula is C19H24N2O3. The van der Waals surface area contributed by atoms with E-state index in [9.17, 15) is 4.79 Å². The molecule has 5 nitrogen and oxygen atoms in total. The monoisotopic (exact) mass is 328 g/mol. The number of nitrogens with zero attached hydrogens (tertiary/aromatic N) is 1. The van der Waals surface area contributed by atoms with E-state index in [0.717, 1.165) is 23.1 Å². The number of ether oxygens (including phenoxy) is 2. The van der Waals surface area contributed by atoms with Gasteiger partial charge in [0, 0.05) is 29.7 Å².